The van der Waals surface area contributed by atoms with Crippen LogP contribution in [0.15, 0.2) is 47.5 Å². The maximum absolute atomic E-state index is 13.0. The Balaban J connectivity index is 1.08. The van der Waals surface area contributed by atoms with Gasteiger partial charge < -0.3 is 10.3 Å². The summed E-state index contributed by atoms with van der Waals surface area (Å²) >= 11 is 0. The minimum atomic E-state index is -2.89. The number of anilines is 1. The van der Waals surface area contributed by atoms with Crippen molar-refractivity contribution in [2.24, 2.45) is 5.92 Å². The summed E-state index contributed by atoms with van der Waals surface area (Å²) in [5, 5.41) is 2.47. The lowest BCUT2D eigenvalue weighted by Gasteiger charge is -2.26. The number of nitrogens with one attached hydrogen (secondary N) is 2. The number of fused-ring (bicyclic) bond motifs is 1. The minimum absolute atomic E-state index is 0.00540. The van der Waals surface area contributed by atoms with Gasteiger partial charge >= 0.3 is 0 Å². The van der Waals surface area contributed by atoms with Crippen molar-refractivity contribution >= 4 is 28.3 Å². The van der Waals surface area contributed by atoms with Crippen molar-refractivity contribution < 1.29 is 13.6 Å². The second-order valence-corrected chi connectivity index (χ2v) is 9.76. The molecule has 2 saturated carbocycles. The van der Waals surface area contributed by atoms with Crippen molar-refractivity contribution in [3.05, 3.63) is 69.8 Å². The van der Waals surface area contributed by atoms with Gasteiger partial charge in [-0.2, -0.15) is 0 Å². The third-order valence-electron chi connectivity index (χ3n) is 7.02. The molecule has 0 spiro atoms. The van der Waals surface area contributed by atoms with Crippen molar-refractivity contribution in [1.29, 1.82) is 0 Å². The van der Waals surface area contributed by atoms with E-state index in [-0.39, 0.29) is 11.4 Å². The quantitative estimate of drug-likeness (QED) is 0.558. The van der Waals surface area contributed by atoms with E-state index in [0.717, 1.165) is 72.2 Å². The van der Waals surface area contributed by atoms with Crippen LogP contribution in [0.4, 0.5) is 14.6 Å². The van der Waals surface area contributed by atoms with Gasteiger partial charge in [0.05, 0.1) is 11.0 Å². The van der Waals surface area contributed by atoms with E-state index in [1.807, 2.05) is 24.4 Å². The number of hydrogen-bond acceptors (Lipinski definition) is 5. The van der Waals surface area contributed by atoms with Crippen LogP contribution in [0.5, 0.6) is 0 Å². The molecule has 1 atom stereocenters. The van der Waals surface area contributed by atoms with Gasteiger partial charge in [0.2, 0.25) is 5.91 Å². The van der Waals surface area contributed by atoms with E-state index in [9.17, 15) is 18.4 Å². The number of rotatable bonds is 6. The summed E-state index contributed by atoms with van der Waals surface area (Å²) in [5.41, 5.74) is 5.61. The predicted molar refractivity (Wildman–Crippen MR) is 128 cm³/mol. The van der Waals surface area contributed by atoms with E-state index < -0.39 is 24.2 Å². The van der Waals surface area contributed by atoms with Crippen LogP contribution < -0.4 is 10.9 Å². The molecule has 0 unspecified atom stereocenters. The minimum Gasteiger partial charge on any atom is -0.320 e. The highest BCUT2D eigenvalue weighted by Gasteiger charge is 2.61. The molecule has 0 aromatic carbocycles. The molecular formula is C26H25F2N5O2. The Morgan fingerprint density at radius 2 is 2.03 bits per heavy atom. The molecule has 2 aliphatic carbocycles. The van der Waals surface area contributed by atoms with E-state index >= 15 is 0 Å². The average molecular weight is 478 g/mol. The maximum atomic E-state index is 13.0. The largest absolute Gasteiger partial charge is 0.320 e. The van der Waals surface area contributed by atoms with Crippen LogP contribution in [-0.2, 0) is 11.3 Å². The zero-order valence-electron chi connectivity index (χ0n) is 19.1. The van der Waals surface area contributed by atoms with Gasteiger partial charge in [-0.1, -0.05) is 6.08 Å². The lowest BCUT2D eigenvalue weighted by molar-refractivity contribution is -0.119. The number of halogens is 2. The van der Waals surface area contributed by atoms with Crippen molar-refractivity contribution in [1.82, 2.24) is 19.9 Å². The summed E-state index contributed by atoms with van der Waals surface area (Å²) in [6.07, 6.45) is 8.30. The normalized spacial score (nSPS) is 21.5. The standard InChI is InChI=1S/C26H25F2N5O2/c27-26(28)11-20(26)25(35)32-23-4-3-18(13-30-23)16-5-7-33(8-6-16)14-15-9-22-21(29-12-15)10-19(17-1-2-17)24(34)31-22/h3-5,9-10,12-13,17,20H,1-2,6-8,11,14H2,(H,31,34)(H,30,32,35)/t20-/m1/s1. The SMILES string of the molecule is O=C(Nc1ccc(C2=CCN(Cc3cnc4cc(C5CC5)c(=O)[nH]c4c3)CC2)cn1)[C@H]1CC1(F)F. The Kier molecular flexibility index (Phi) is 5.25. The zero-order valence-corrected chi connectivity index (χ0v) is 19.1. The van der Waals surface area contributed by atoms with Crippen LogP contribution in [0.25, 0.3) is 16.6 Å². The first-order valence-corrected chi connectivity index (χ1v) is 11.9. The first-order chi connectivity index (χ1) is 16.9. The van der Waals surface area contributed by atoms with Gasteiger partial charge in [-0.15, -0.1) is 0 Å². The van der Waals surface area contributed by atoms with Crippen LogP contribution in [0, 0.1) is 5.92 Å². The molecule has 1 aliphatic heterocycles. The molecule has 1 amide bonds. The van der Waals surface area contributed by atoms with E-state index in [1.165, 1.54) is 0 Å². The number of alkyl halides is 2. The van der Waals surface area contributed by atoms with Crippen molar-refractivity contribution in [3.8, 4) is 0 Å². The molecule has 35 heavy (non-hydrogen) atoms. The lowest BCUT2D eigenvalue weighted by atomic mass is 10.0. The van der Waals surface area contributed by atoms with Gasteiger partial charge in [-0.3, -0.25) is 19.5 Å². The molecule has 0 radical (unpaired) electrons. The smallest absolute Gasteiger partial charge is 0.260 e. The van der Waals surface area contributed by atoms with Crippen molar-refractivity contribution in [3.63, 3.8) is 0 Å². The number of nitrogens with zero attached hydrogens (tertiary/aromatic N) is 3. The van der Waals surface area contributed by atoms with Crippen molar-refractivity contribution in [2.45, 2.75) is 44.1 Å². The molecule has 2 N–H and O–H groups in total. The summed E-state index contributed by atoms with van der Waals surface area (Å²) in [6.45, 7) is 2.35. The van der Waals surface area contributed by atoms with Gasteiger partial charge in [0.15, 0.2) is 0 Å². The summed E-state index contributed by atoms with van der Waals surface area (Å²) < 4.78 is 26.1. The number of amides is 1. The molecule has 2 fully saturated rings. The van der Waals surface area contributed by atoms with Crippen LogP contribution in [0.2, 0.25) is 0 Å². The van der Waals surface area contributed by atoms with Crippen LogP contribution in [0.1, 0.15) is 48.3 Å². The molecule has 3 aromatic rings. The Labute approximate surface area is 200 Å². The van der Waals surface area contributed by atoms with E-state index in [2.05, 4.69) is 31.2 Å². The molecular weight excluding hydrogens is 452 g/mol. The topological polar surface area (TPSA) is 91.0 Å². The fourth-order valence-corrected chi connectivity index (χ4v) is 4.67. The summed E-state index contributed by atoms with van der Waals surface area (Å²) in [6, 6.07) is 7.44. The fraction of sp³-hybridized carbons (Fsp3) is 0.385. The number of aromatic nitrogens is 3. The first kappa shape index (κ1) is 22.0. The van der Waals surface area contributed by atoms with Crippen LogP contribution >= 0.6 is 0 Å². The Morgan fingerprint density at radius 3 is 2.69 bits per heavy atom. The highest BCUT2D eigenvalue weighted by Crippen LogP contribution is 2.49. The average Bonchev–Trinajstić information content (AvgIpc) is 3.77. The number of pyridine rings is 3. The third kappa shape index (κ3) is 4.60. The first-order valence-electron chi connectivity index (χ1n) is 11.9. The van der Waals surface area contributed by atoms with Gasteiger partial charge in [0.25, 0.3) is 11.5 Å². The Bertz CT molecular complexity index is 1400. The Morgan fingerprint density at radius 1 is 1.20 bits per heavy atom. The molecule has 4 heterocycles. The zero-order chi connectivity index (χ0) is 24.2. The van der Waals surface area contributed by atoms with Crippen LogP contribution in [0.3, 0.4) is 0 Å². The monoisotopic (exact) mass is 477 g/mol. The second-order valence-electron chi connectivity index (χ2n) is 9.76. The molecule has 0 bridgehead atoms. The molecule has 6 rings (SSSR count). The number of H-pyrrole nitrogens is 1. The highest BCUT2D eigenvalue weighted by atomic mass is 19.3. The van der Waals surface area contributed by atoms with E-state index in [4.69, 9.17) is 0 Å². The van der Waals surface area contributed by atoms with Gasteiger partial charge in [0.1, 0.15) is 11.7 Å². The fourth-order valence-electron chi connectivity index (χ4n) is 4.67. The highest BCUT2D eigenvalue weighted by molar-refractivity contribution is 5.94. The van der Waals surface area contributed by atoms with Crippen molar-refractivity contribution in [2.75, 3.05) is 18.4 Å². The van der Waals surface area contributed by atoms with E-state index in [1.54, 1.807) is 12.3 Å². The Hall–Kier alpha value is -3.46. The summed E-state index contributed by atoms with van der Waals surface area (Å²) in [7, 11) is 0. The number of carbonyl (C=O) groups is 1. The van der Waals surface area contributed by atoms with Crippen LogP contribution in [-0.4, -0.2) is 44.8 Å². The molecule has 7 nitrogen and oxygen atoms in total. The van der Waals surface area contributed by atoms with E-state index in [0.29, 0.717) is 5.92 Å². The molecule has 3 aliphatic rings. The van der Waals surface area contributed by atoms with Gasteiger partial charge in [-0.05, 0) is 66.1 Å². The summed E-state index contributed by atoms with van der Waals surface area (Å²) in [4.78, 5) is 38.3. The summed E-state index contributed by atoms with van der Waals surface area (Å²) in [5.74, 6) is -4.14. The maximum Gasteiger partial charge on any atom is 0.260 e. The third-order valence-corrected chi connectivity index (χ3v) is 7.02. The number of hydrogen-bond donors (Lipinski definition) is 2. The van der Waals surface area contributed by atoms with Gasteiger partial charge in [-0.25, -0.2) is 13.8 Å². The second kappa shape index (κ2) is 8.34. The van der Waals surface area contributed by atoms with Gasteiger partial charge in [0, 0.05) is 44.0 Å². The molecule has 180 valence electrons. The predicted octanol–water partition coefficient (Wildman–Crippen LogP) is 4.08. The molecule has 3 aromatic heterocycles. The molecule has 0 saturated heterocycles. The lowest BCUT2D eigenvalue weighted by Crippen LogP contribution is -2.28. The number of aromatic amines is 1. The molecule has 9 heteroatoms. The number of carbonyl (C=O) groups excluding carboxylic acids is 1.